The minimum Gasteiger partial charge on any atom is -0.508 e. The summed E-state index contributed by atoms with van der Waals surface area (Å²) in [6, 6.07) is 12.5. The molecule has 3 aromatic carbocycles. The van der Waals surface area contributed by atoms with Gasteiger partial charge in [-0.3, -0.25) is 4.79 Å². The molecule has 0 spiro atoms. The monoisotopic (exact) mass is 507 g/mol. The van der Waals surface area contributed by atoms with Gasteiger partial charge >= 0.3 is 0 Å². The van der Waals surface area contributed by atoms with Crippen LogP contribution in [0.1, 0.15) is 20.3 Å². The van der Waals surface area contributed by atoms with Crippen LogP contribution in [-0.4, -0.2) is 44.5 Å². The molecule has 6 rings (SSSR count). The van der Waals surface area contributed by atoms with E-state index in [1.807, 2.05) is 29.2 Å². The van der Waals surface area contributed by atoms with Crippen molar-refractivity contribution in [2.45, 2.75) is 31.3 Å². The van der Waals surface area contributed by atoms with Gasteiger partial charge in [0.25, 0.3) is 0 Å². The standard InChI is InChI=1S/C27H23ClFN3O2S/c1-4-21(34)32-14-27(3)26(32,2)9-10-31(27)25-19-13-20(28)22(23(29)24(19)30-35-25)18-12-16(33)11-15-7-5-6-8-17(15)18/h4-8,11-13,33H,1,9-10,14H2,2-3H3/t26-,27-/m1/s1. The second kappa shape index (κ2) is 7.42. The second-order valence-electron chi connectivity index (χ2n) is 9.72. The summed E-state index contributed by atoms with van der Waals surface area (Å²) in [6.45, 7) is 9.17. The molecule has 0 unspecified atom stereocenters. The fraction of sp³-hybridized carbons (Fsp3) is 0.259. The lowest BCUT2D eigenvalue weighted by atomic mass is 9.70. The third-order valence-corrected chi connectivity index (χ3v) is 9.27. The number of phenols is 1. The topological polar surface area (TPSA) is 56.7 Å². The Bertz CT molecular complexity index is 1570. The molecule has 0 saturated carbocycles. The van der Waals surface area contributed by atoms with Crippen molar-refractivity contribution in [3.8, 4) is 16.9 Å². The van der Waals surface area contributed by atoms with Gasteiger partial charge in [-0.1, -0.05) is 42.4 Å². The number of hydrogen-bond acceptors (Lipinski definition) is 5. The third kappa shape index (κ3) is 2.85. The van der Waals surface area contributed by atoms with Crippen molar-refractivity contribution in [1.29, 1.82) is 0 Å². The molecule has 2 aliphatic rings. The van der Waals surface area contributed by atoms with Crippen LogP contribution in [-0.2, 0) is 4.79 Å². The van der Waals surface area contributed by atoms with E-state index in [4.69, 9.17) is 11.6 Å². The molecule has 2 atom stereocenters. The normalized spacial score (nSPS) is 23.5. The Hall–Kier alpha value is -3.16. The van der Waals surface area contributed by atoms with Crippen LogP contribution in [0.5, 0.6) is 5.75 Å². The second-order valence-corrected chi connectivity index (χ2v) is 10.9. The van der Waals surface area contributed by atoms with E-state index in [9.17, 15) is 9.90 Å². The molecule has 0 bridgehead atoms. The number of benzene rings is 3. The number of nitrogens with zero attached hydrogens (tertiary/aromatic N) is 3. The quantitative estimate of drug-likeness (QED) is 0.327. The minimum atomic E-state index is -0.505. The molecule has 178 valence electrons. The number of hydrogen-bond donors (Lipinski definition) is 1. The van der Waals surface area contributed by atoms with Crippen molar-refractivity contribution < 1.29 is 14.3 Å². The average molecular weight is 508 g/mol. The number of phenolic OH excluding ortho intramolecular Hbond substituents is 1. The maximum atomic E-state index is 16.0. The van der Waals surface area contributed by atoms with Crippen LogP contribution >= 0.6 is 23.1 Å². The number of carbonyl (C=O) groups is 1. The zero-order chi connectivity index (χ0) is 24.7. The summed E-state index contributed by atoms with van der Waals surface area (Å²) in [7, 11) is 0. The maximum absolute atomic E-state index is 16.0. The van der Waals surface area contributed by atoms with Crippen molar-refractivity contribution in [1.82, 2.24) is 9.27 Å². The molecule has 4 aromatic rings. The molecule has 1 aromatic heterocycles. The first-order valence-electron chi connectivity index (χ1n) is 11.4. The minimum absolute atomic E-state index is 0.0427. The van der Waals surface area contributed by atoms with Gasteiger partial charge in [0.2, 0.25) is 5.91 Å². The average Bonchev–Trinajstić information content (AvgIpc) is 3.32. The van der Waals surface area contributed by atoms with Gasteiger partial charge in [0.1, 0.15) is 16.3 Å². The summed E-state index contributed by atoms with van der Waals surface area (Å²) < 4.78 is 20.6. The number of amides is 1. The van der Waals surface area contributed by atoms with Gasteiger partial charge < -0.3 is 14.9 Å². The fourth-order valence-corrected chi connectivity index (χ4v) is 7.20. The van der Waals surface area contributed by atoms with Gasteiger partial charge in [0, 0.05) is 24.0 Å². The largest absolute Gasteiger partial charge is 0.508 e. The van der Waals surface area contributed by atoms with Crippen LogP contribution in [0.3, 0.4) is 0 Å². The van der Waals surface area contributed by atoms with E-state index >= 15 is 4.39 Å². The SMILES string of the molecule is C=CC(=O)N1C[C@@]2(C)N(c3snc4c(F)c(-c5cc(O)cc6ccccc56)c(Cl)cc34)CC[C@@]12C. The molecule has 1 N–H and O–H groups in total. The van der Waals surface area contributed by atoms with Crippen molar-refractivity contribution in [3.05, 3.63) is 66.0 Å². The number of rotatable bonds is 3. The van der Waals surface area contributed by atoms with Crippen molar-refractivity contribution >= 4 is 55.7 Å². The molecule has 2 fully saturated rings. The molecule has 2 aliphatic heterocycles. The van der Waals surface area contributed by atoms with E-state index in [0.29, 0.717) is 17.5 Å². The van der Waals surface area contributed by atoms with E-state index in [0.717, 1.165) is 28.7 Å². The zero-order valence-electron chi connectivity index (χ0n) is 19.3. The highest BCUT2D eigenvalue weighted by Crippen LogP contribution is 2.55. The van der Waals surface area contributed by atoms with Crippen LogP contribution in [0.15, 0.2) is 55.1 Å². The number of carbonyl (C=O) groups excluding carboxylic acids is 1. The Morgan fingerprint density at radius 1 is 1.23 bits per heavy atom. The summed E-state index contributed by atoms with van der Waals surface area (Å²) in [5.41, 5.74) is 0.378. The van der Waals surface area contributed by atoms with E-state index in [1.165, 1.54) is 23.7 Å². The number of aromatic nitrogens is 1. The molecule has 2 saturated heterocycles. The lowest BCUT2D eigenvalue weighted by molar-refractivity contribution is -0.148. The van der Waals surface area contributed by atoms with Crippen molar-refractivity contribution in [2.75, 3.05) is 18.0 Å². The smallest absolute Gasteiger partial charge is 0.246 e. The van der Waals surface area contributed by atoms with E-state index < -0.39 is 5.82 Å². The molecule has 5 nitrogen and oxygen atoms in total. The summed E-state index contributed by atoms with van der Waals surface area (Å²) in [5, 5.41) is 13.6. The Balaban J connectivity index is 1.48. The van der Waals surface area contributed by atoms with Gasteiger partial charge in [-0.25, -0.2) is 4.39 Å². The third-order valence-electron chi connectivity index (χ3n) is 8.09. The number of fused-ring (bicyclic) bond motifs is 3. The summed E-state index contributed by atoms with van der Waals surface area (Å²) in [5.74, 6) is -0.533. The summed E-state index contributed by atoms with van der Waals surface area (Å²) in [6.07, 6.45) is 2.16. The van der Waals surface area contributed by atoms with Crippen LogP contribution in [0.25, 0.3) is 32.8 Å². The first kappa shape index (κ1) is 22.3. The highest BCUT2D eigenvalue weighted by Gasteiger charge is 2.66. The van der Waals surface area contributed by atoms with Crippen LogP contribution < -0.4 is 4.90 Å². The van der Waals surface area contributed by atoms with E-state index in [-0.39, 0.29) is 38.8 Å². The highest BCUT2D eigenvalue weighted by molar-refractivity contribution is 7.12. The fourth-order valence-electron chi connectivity index (χ4n) is 5.91. The van der Waals surface area contributed by atoms with Gasteiger partial charge in [-0.05, 0) is 72.4 Å². The number of aromatic hydroxyl groups is 1. The van der Waals surface area contributed by atoms with E-state index in [1.54, 1.807) is 12.1 Å². The number of anilines is 1. The van der Waals surface area contributed by atoms with Crippen molar-refractivity contribution in [3.63, 3.8) is 0 Å². The molecule has 1 amide bonds. The summed E-state index contributed by atoms with van der Waals surface area (Å²) >= 11 is 7.98. The first-order valence-corrected chi connectivity index (χ1v) is 12.6. The highest BCUT2D eigenvalue weighted by atomic mass is 35.5. The maximum Gasteiger partial charge on any atom is 0.246 e. The first-order chi connectivity index (χ1) is 16.7. The molecule has 3 heterocycles. The molecular weight excluding hydrogens is 485 g/mol. The number of halogens is 2. The summed E-state index contributed by atoms with van der Waals surface area (Å²) in [4.78, 5) is 16.5. The lowest BCUT2D eigenvalue weighted by Gasteiger charge is -2.62. The van der Waals surface area contributed by atoms with Gasteiger partial charge in [-0.2, -0.15) is 4.37 Å². The Morgan fingerprint density at radius 2 is 2.00 bits per heavy atom. The Kier molecular flexibility index (Phi) is 4.73. The Morgan fingerprint density at radius 3 is 2.77 bits per heavy atom. The Labute approximate surface area is 211 Å². The van der Waals surface area contributed by atoms with Crippen LogP contribution in [0, 0.1) is 5.82 Å². The van der Waals surface area contributed by atoms with E-state index in [2.05, 4.69) is 29.7 Å². The van der Waals surface area contributed by atoms with Gasteiger partial charge in [-0.15, -0.1) is 0 Å². The van der Waals surface area contributed by atoms with Gasteiger partial charge in [0.05, 0.1) is 16.1 Å². The number of likely N-dealkylation sites (tertiary alicyclic amines) is 1. The van der Waals surface area contributed by atoms with Crippen molar-refractivity contribution in [2.24, 2.45) is 0 Å². The van der Waals surface area contributed by atoms with Crippen LogP contribution in [0.2, 0.25) is 5.02 Å². The molecule has 0 radical (unpaired) electrons. The van der Waals surface area contributed by atoms with Crippen LogP contribution in [0.4, 0.5) is 9.39 Å². The van der Waals surface area contributed by atoms with Gasteiger partial charge in [0.15, 0.2) is 5.82 Å². The molecular formula is C27H23ClFN3O2S. The predicted octanol–water partition coefficient (Wildman–Crippen LogP) is 6.37. The molecule has 0 aliphatic carbocycles. The molecule has 35 heavy (non-hydrogen) atoms. The zero-order valence-corrected chi connectivity index (χ0v) is 20.9. The lowest BCUT2D eigenvalue weighted by Crippen LogP contribution is -2.78. The molecule has 8 heteroatoms. The predicted molar refractivity (Wildman–Crippen MR) is 140 cm³/mol.